The Bertz CT molecular complexity index is 666. The molecule has 8 fully saturated rings. The number of nitrogens with zero attached hydrogens (tertiary/aromatic N) is 1. The summed E-state index contributed by atoms with van der Waals surface area (Å²) in [5, 5.41) is 21.0. The van der Waals surface area contributed by atoms with Crippen molar-refractivity contribution in [2.75, 3.05) is 19.7 Å². The van der Waals surface area contributed by atoms with Crippen LogP contribution in [-0.2, 0) is 4.74 Å². The molecular formula is C22H33NO3. The van der Waals surface area contributed by atoms with Crippen LogP contribution in [0.3, 0.4) is 0 Å². The van der Waals surface area contributed by atoms with E-state index in [0.717, 1.165) is 37.4 Å². The van der Waals surface area contributed by atoms with Crippen LogP contribution in [0.25, 0.3) is 0 Å². The van der Waals surface area contributed by atoms with Crippen molar-refractivity contribution in [1.29, 1.82) is 0 Å². The fourth-order valence-corrected chi connectivity index (χ4v) is 9.30. The van der Waals surface area contributed by atoms with Crippen LogP contribution < -0.4 is 0 Å². The smallest absolute Gasteiger partial charge is 0.117 e. The molecule has 26 heavy (non-hydrogen) atoms. The Balaban J connectivity index is 1.53. The molecule has 3 aliphatic heterocycles. The molecule has 3 saturated heterocycles. The fourth-order valence-electron chi connectivity index (χ4n) is 9.30. The molecule has 0 aromatic rings. The Labute approximate surface area is 156 Å². The first-order chi connectivity index (χ1) is 12.5. The van der Waals surface area contributed by atoms with E-state index in [1.54, 1.807) is 0 Å². The van der Waals surface area contributed by atoms with Crippen molar-refractivity contribution in [3.63, 3.8) is 0 Å². The van der Waals surface area contributed by atoms with E-state index in [-0.39, 0.29) is 35.9 Å². The number of piperidine rings is 1. The summed E-state index contributed by atoms with van der Waals surface area (Å²) in [7, 11) is 0. The molecule has 8 rings (SSSR count). The average Bonchev–Trinajstić information content (AvgIpc) is 2.63. The first-order valence-electron chi connectivity index (χ1n) is 10.8. The lowest BCUT2D eigenvalue weighted by molar-refractivity contribution is -0.405. The van der Waals surface area contributed by atoms with Gasteiger partial charge >= 0.3 is 0 Å². The van der Waals surface area contributed by atoms with Crippen LogP contribution in [0.4, 0.5) is 0 Å². The third kappa shape index (κ3) is 1.57. The minimum absolute atomic E-state index is 0.0840. The summed E-state index contributed by atoms with van der Waals surface area (Å²) in [5.74, 6) is 1.79. The molecule has 4 heteroatoms. The Morgan fingerprint density at radius 1 is 1.19 bits per heavy atom. The van der Waals surface area contributed by atoms with Crippen LogP contribution in [0.1, 0.15) is 51.9 Å². The van der Waals surface area contributed by atoms with Crippen molar-refractivity contribution in [2.24, 2.45) is 34.0 Å². The van der Waals surface area contributed by atoms with Gasteiger partial charge in [-0.1, -0.05) is 19.9 Å². The zero-order chi connectivity index (χ0) is 17.9. The number of aliphatic hydroxyl groups is 2. The minimum Gasteiger partial charge on any atom is -0.395 e. The van der Waals surface area contributed by atoms with Gasteiger partial charge in [-0.15, -0.1) is 0 Å². The Morgan fingerprint density at radius 2 is 2.04 bits per heavy atom. The molecule has 0 aromatic carbocycles. The molecule has 3 heterocycles. The van der Waals surface area contributed by atoms with Gasteiger partial charge in [-0.05, 0) is 67.3 Å². The molecule has 7 bridgehead atoms. The van der Waals surface area contributed by atoms with Gasteiger partial charge in [-0.25, -0.2) is 0 Å². The number of hydrogen-bond acceptors (Lipinski definition) is 4. The van der Waals surface area contributed by atoms with Crippen molar-refractivity contribution < 1.29 is 14.9 Å². The minimum atomic E-state index is -0.373. The molecule has 144 valence electrons. The van der Waals surface area contributed by atoms with Crippen molar-refractivity contribution in [3.8, 4) is 0 Å². The third-order valence-electron chi connectivity index (χ3n) is 10.1. The lowest BCUT2D eigenvalue weighted by atomic mass is 9.32. The summed E-state index contributed by atoms with van der Waals surface area (Å²) in [6.07, 6.45) is 8.43. The predicted molar refractivity (Wildman–Crippen MR) is 98.2 cm³/mol. The van der Waals surface area contributed by atoms with E-state index in [4.69, 9.17) is 4.74 Å². The third-order valence-corrected chi connectivity index (χ3v) is 10.1. The Hall–Kier alpha value is -0.420. The van der Waals surface area contributed by atoms with E-state index in [9.17, 15) is 10.2 Å². The second-order valence-electron chi connectivity index (χ2n) is 10.7. The topological polar surface area (TPSA) is 52.9 Å². The van der Waals surface area contributed by atoms with Gasteiger partial charge in [0.05, 0.1) is 18.8 Å². The highest BCUT2D eigenvalue weighted by molar-refractivity contribution is 5.32. The zero-order valence-corrected chi connectivity index (χ0v) is 16.0. The van der Waals surface area contributed by atoms with Crippen molar-refractivity contribution in [1.82, 2.24) is 4.90 Å². The summed E-state index contributed by atoms with van der Waals surface area (Å²) >= 11 is 0. The lowest BCUT2D eigenvalue weighted by Gasteiger charge is -2.79. The highest BCUT2D eigenvalue weighted by Gasteiger charge is 2.78. The van der Waals surface area contributed by atoms with Crippen LogP contribution in [0.5, 0.6) is 0 Å². The maximum Gasteiger partial charge on any atom is 0.117 e. The number of aliphatic hydroxyl groups excluding tert-OH is 2. The summed E-state index contributed by atoms with van der Waals surface area (Å²) in [5.41, 5.74) is 1.53. The number of fused-ring (bicyclic) bond motifs is 2. The van der Waals surface area contributed by atoms with Crippen molar-refractivity contribution in [3.05, 3.63) is 12.2 Å². The molecule has 0 amide bonds. The monoisotopic (exact) mass is 359 g/mol. The SMILES string of the molecule is C=C1[C@@H]2CC[C@@]3([C@@H](C2)[C@@]24CCC[C@@]5(C)CN(CCO)[C@H]2O[C@@H]3C[C@H]54)[C@@H]1O. The molecule has 4 nitrogen and oxygen atoms in total. The number of ether oxygens (including phenoxy) is 1. The summed E-state index contributed by atoms with van der Waals surface area (Å²) in [4.78, 5) is 2.47. The van der Waals surface area contributed by atoms with E-state index >= 15 is 0 Å². The normalized spacial score (nSPS) is 60.2. The lowest BCUT2D eigenvalue weighted by Crippen LogP contribution is -2.82. The maximum atomic E-state index is 11.3. The highest BCUT2D eigenvalue weighted by Crippen LogP contribution is 2.78. The molecule has 8 aliphatic rings. The van der Waals surface area contributed by atoms with Crippen LogP contribution in [0.15, 0.2) is 12.2 Å². The first-order valence-corrected chi connectivity index (χ1v) is 10.8. The molecular weight excluding hydrogens is 326 g/mol. The Kier molecular flexibility index (Phi) is 3.14. The second kappa shape index (κ2) is 4.94. The van der Waals surface area contributed by atoms with Gasteiger partial charge in [-0.3, -0.25) is 4.90 Å². The average molecular weight is 360 g/mol. The largest absolute Gasteiger partial charge is 0.395 e. The number of rotatable bonds is 2. The Morgan fingerprint density at radius 3 is 2.85 bits per heavy atom. The molecule has 5 aliphatic carbocycles. The molecule has 2 spiro atoms. The molecule has 0 unspecified atom stereocenters. The van der Waals surface area contributed by atoms with E-state index in [1.165, 1.54) is 32.1 Å². The van der Waals surface area contributed by atoms with Crippen molar-refractivity contribution in [2.45, 2.75) is 70.3 Å². The maximum absolute atomic E-state index is 11.3. The predicted octanol–water partition coefficient (Wildman–Crippen LogP) is 2.55. The quantitative estimate of drug-likeness (QED) is 0.744. The molecule has 5 saturated carbocycles. The second-order valence-corrected chi connectivity index (χ2v) is 10.7. The van der Waals surface area contributed by atoms with Gasteiger partial charge in [0.2, 0.25) is 0 Å². The van der Waals surface area contributed by atoms with Gasteiger partial charge in [0, 0.05) is 23.9 Å². The van der Waals surface area contributed by atoms with Gasteiger partial charge in [0.25, 0.3) is 0 Å². The summed E-state index contributed by atoms with van der Waals surface area (Å²) in [6, 6.07) is 0. The van der Waals surface area contributed by atoms with Gasteiger partial charge in [0.1, 0.15) is 6.23 Å². The van der Waals surface area contributed by atoms with E-state index in [2.05, 4.69) is 18.4 Å². The van der Waals surface area contributed by atoms with Crippen LogP contribution in [-0.4, -0.2) is 53.2 Å². The van der Waals surface area contributed by atoms with Crippen LogP contribution in [0, 0.1) is 34.0 Å². The zero-order valence-electron chi connectivity index (χ0n) is 16.0. The fraction of sp³-hybridized carbons (Fsp3) is 0.909. The molecule has 9 atom stereocenters. The van der Waals surface area contributed by atoms with E-state index < -0.39 is 0 Å². The summed E-state index contributed by atoms with van der Waals surface area (Å²) < 4.78 is 6.86. The molecule has 2 N–H and O–H groups in total. The van der Waals surface area contributed by atoms with Gasteiger partial charge < -0.3 is 14.9 Å². The standard InChI is InChI=1S/C22H33NO3/c1-13-14-4-7-22(18(13)25)16(10-14)21-6-3-5-20(2)12-23(8-9-24)19(21)26-17(22)11-15(20)21/h14-19,24-25H,1,3-12H2,2H3/t14-,15-,16+,17-,18-,19+,20+,21+,22+/m1/s1. The number of likely N-dealkylation sites (tertiary alicyclic amines) is 1. The van der Waals surface area contributed by atoms with Crippen LogP contribution in [0.2, 0.25) is 0 Å². The molecule has 0 aromatic heterocycles. The number of hydrogen-bond donors (Lipinski definition) is 2. The van der Waals surface area contributed by atoms with Crippen molar-refractivity contribution >= 4 is 0 Å². The van der Waals surface area contributed by atoms with E-state index in [1.807, 2.05) is 0 Å². The van der Waals surface area contributed by atoms with Gasteiger partial charge in [0.15, 0.2) is 0 Å². The molecule has 0 radical (unpaired) electrons. The van der Waals surface area contributed by atoms with Gasteiger partial charge in [-0.2, -0.15) is 0 Å². The van der Waals surface area contributed by atoms with E-state index in [0.29, 0.717) is 17.3 Å². The first kappa shape index (κ1) is 16.5. The highest BCUT2D eigenvalue weighted by atomic mass is 16.5. The summed E-state index contributed by atoms with van der Waals surface area (Å²) in [6.45, 7) is 8.80. The van der Waals surface area contributed by atoms with Crippen LogP contribution >= 0.6 is 0 Å². The number of β-amino-alcohol motifs (C(OH)–C–C–N with tert-alkyl or cyclic N) is 1.